The van der Waals surface area contributed by atoms with E-state index in [0.29, 0.717) is 27.5 Å². The van der Waals surface area contributed by atoms with Gasteiger partial charge < -0.3 is 5.32 Å². The number of imide groups is 1. The number of carbonyl (C=O) groups is 3. The number of nitrogens with zero attached hydrogens (tertiary/aromatic N) is 1. The Labute approximate surface area is 182 Å². The Balaban J connectivity index is 1.50. The van der Waals surface area contributed by atoms with E-state index in [2.05, 4.69) is 5.32 Å². The molecular formula is C23H14Cl2N2O3. The minimum Gasteiger partial charge on any atom is -0.321 e. The van der Waals surface area contributed by atoms with E-state index in [1.165, 1.54) is 12.1 Å². The minimum absolute atomic E-state index is 0.206. The zero-order valence-corrected chi connectivity index (χ0v) is 16.9. The molecule has 0 aromatic heterocycles. The van der Waals surface area contributed by atoms with Gasteiger partial charge in [0.2, 0.25) is 5.91 Å². The number of carbonyl (C=O) groups excluding carboxylic acids is 3. The molecule has 30 heavy (non-hydrogen) atoms. The number of amides is 3. The van der Waals surface area contributed by atoms with Gasteiger partial charge in [0.1, 0.15) is 0 Å². The van der Waals surface area contributed by atoms with Crippen LogP contribution in [0.2, 0.25) is 10.0 Å². The van der Waals surface area contributed by atoms with E-state index in [4.69, 9.17) is 23.2 Å². The fraction of sp³-hybridized carbons (Fsp3) is 0. The number of anilines is 2. The Kier molecular flexibility index (Phi) is 5.40. The number of hydrogen-bond acceptors (Lipinski definition) is 3. The molecule has 1 heterocycles. The van der Waals surface area contributed by atoms with Gasteiger partial charge in [-0.25, -0.2) is 4.90 Å². The molecule has 1 N–H and O–H groups in total. The zero-order valence-electron chi connectivity index (χ0n) is 15.4. The molecule has 7 heteroatoms. The zero-order chi connectivity index (χ0) is 21.3. The number of nitrogens with one attached hydrogen (secondary N) is 1. The van der Waals surface area contributed by atoms with E-state index >= 15 is 0 Å². The van der Waals surface area contributed by atoms with Crippen molar-refractivity contribution in [1.82, 2.24) is 0 Å². The average Bonchev–Trinajstić information content (AvgIpc) is 3.00. The van der Waals surface area contributed by atoms with Gasteiger partial charge in [-0.15, -0.1) is 0 Å². The molecule has 1 aliphatic rings. The third-order valence-corrected chi connectivity index (χ3v) is 5.12. The predicted octanol–water partition coefficient (Wildman–Crippen LogP) is 5.45. The summed E-state index contributed by atoms with van der Waals surface area (Å²) >= 11 is 12.1. The van der Waals surface area contributed by atoms with E-state index in [1.807, 2.05) is 0 Å². The molecule has 0 atom stereocenters. The van der Waals surface area contributed by atoms with Crippen molar-refractivity contribution in [3.8, 4) is 0 Å². The van der Waals surface area contributed by atoms with Crippen LogP contribution in [0.3, 0.4) is 0 Å². The van der Waals surface area contributed by atoms with Crippen LogP contribution in [0.1, 0.15) is 26.3 Å². The van der Waals surface area contributed by atoms with Gasteiger partial charge in [-0.2, -0.15) is 0 Å². The molecule has 1 aliphatic heterocycles. The topological polar surface area (TPSA) is 66.5 Å². The van der Waals surface area contributed by atoms with Gasteiger partial charge in [0.05, 0.1) is 27.5 Å². The monoisotopic (exact) mass is 436 g/mol. The molecular weight excluding hydrogens is 423 g/mol. The normalized spacial score (nSPS) is 13.1. The molecule has 4 rings (SSSR count). The third kappa shape index (κ3) is 3.85. The Morgan fingerprint density at radius 2 is 1.50 bits per heavy atom. The van der Waals surface area contributed by atoms with Crippen LogP contribution >= 0.6 is 23.2 Å². The molecule has 0 bridgehead atoms. The van der Waals surface area contributed by atoms with E-state index in [1.54, 1.807) is 66.7 Å². The molecule has 0 fully saturated rings. The van der Waals surface area contributed by atoms with Gasteiger partial charge in [-0.1, -0.05) is 47.5 Å². The molecule has 0 spiro atoms. The first-order chi connectivity index (χ1) is 14.4. The van der Waals surface area contributed by atoms with E-state index in [-0.39, 0.29) is 10.9 Å². The van der Waals surface area contributed by atoms with Crippen LogP contribution in [0.4, 0.5) is 11.4 Å². The Bertz CT molecular complexity index is 1170. The summed E-state index contributed by atoms with van der Waals surface area (Å²) in [6.07, 6.45) is 3.02. The molecule has 5 nitrogen and oxygen atoms in total. The number of hydrogen-bond donors (Lipinski definition) is 1. The lowest BCUT2D eigenvalue weighted by molar-refractivity contribution is -0.111. The lowest BCUT2D eigenvalue weighted by Gasteiger charge is -2.15. The highest BCUT2D eigenvalue weighted by atomic mass is 35.5. The van der Waals surface area contributed by atoms with Gasteiger partial charge >= 0.3 is 0 Å². The van der Waals surface area contributed by atoms with Crippen LogP contribution in [0, 0.1) is 0 Å². The maximum atomic E-state index is 12.6. The standard InChI is InChI=1S/C23H14Cl2N2O3/c24-15-8-5-14(6-9-15)7-12-21(28)26-20-11-10-16(13-19(20)25)27-22(29)17-3-1-2-4-18(17)23(27)30/h1-13H,(H,26,28). The maximum absolute atomic E-state index is 12.6. The predicted molar refractivity (Wildman–Crippen MR) is 118 cm³/mol. The first kappa shape index (κ1) is 19.9. The molecule has 0 saturated carbocycles. The average molecular weight is 437 g/mol. The molecule has 3 aromatic rings. The molecule has 0 saturated heterocycles. The number of rotatable bonds is 4. The minimum atomic E-state index is -0.408. The van der Waals surface area contributed by atoms with Crippen molar-refractivity contribution >= 4 is 58.4 Å². The SMILES string of the molecule is O=C(C=Cc1ccc(Cl)cc1)Nc1ccc(N2C(=O)c3ccccc3C2=O)cc1Cl. The van der Waals surface area contributed by atoms with Crippen LogP contribution in [0.15, 0.2) is 72.8 Å². The molecule has 0 aliphatic carbocycles. The molecule has 3 aromatic carbocycles. The van der Waals surface area contributed by atoms with Crippen molar-refractivity contribution in [3.63, 3.8) is 0 Å². The van der Waals surface area contributed by atoms with Crippen molar-refractivity contribution < 1.29 is 14.4 Å². The highest BCUT2D eigenvalue weighted by Gasteiger charge is 2.36. The van der Waals surface area contributed by atoms with Crippen molar-refractivity contribution in [1.29, 1.82) is 0 Å². The number of fused-ring (bicyclic) bond motifs is 1. The fourth-order valence-electron chi connectivity index (χ4n) is 3.09. The second-order valence-electron chi connectivity index (χ2n) is 6.53. The summed E-state index contributed by atoms with van der Waals surface area (Å²) in [5.74, 6) is -1.19. The summed E-state index contributed by atoms with van der Waals surface area (Å²) in [4.78, 5) is 38.5. The van der Waals surface area contributed by atoms with Crippen LogP contribution in [-0.4, -0.2) is 17.7 Å². The van der Waals surface area contributed by atoms with E-state index in [0.717, 1.165) is 10.5 Å². The van der Waals surface area contributed by atoms with Crippen LogP contribution < -0.4 is 10.2 Å². The second kappa shape index (κ2) is 8.14. The van der Waals surface area contributed by atoms with Gasteiger partial charge in [-0.05, 0) is 54.1 Å². The quantitative estimate of drug-likeness (QED) is 0.436. The first-order valence-corrected chi connectivity index (χ1v) is 9.71. The Morgan fingerprint density at radius 3 is 2.10 bits per heavy atom. The maximum Gasteiger partial charge on any atom is 0.266 e. The molecule has 0 radical (unpaired) electrons. The molecule has 0 unspecified atom stereocenters. The van der Waals surface area contributed by atoms with Crippen molar-refractivity contribution in [2.75, 3.05) is 10.2 Å². The summed E-state index contributed by atoms with van der Waals surface area (Å²) in [5.41, 5.74) is 2.22. The highest BCUT2D eigenvalue weighted by Crippen LogP contribution is 2.32. The second-order valence-corrected chi connectivity index (χ2v) is 7.37. The van der Waals surface area contributed by atoms with E-state index in [9.17, 15) is 14.4 Å². The molecule has 148 valence electrons. The van der Waals surface area contributed by atoms with Gasteiger partial charge in [0.15, 0.2) is 0 Å². The van der Waals surface area contributed by atoms with Crippen molar-refractivity contribution in [2.45, 2.75) is 0 Å². The lowest BCUT2D eigenvalue weighted by Crippen LogP contribution is -2.29. The summed E-state index contributed by atoms with van der Waals surface area (Å²) < 4.78 is 0. The highest BCUT2D eigenvalue weighted by molar-refractivity contribution is 6.37. The summed E-state index contributed by atoms with van der Waals surface area (Å²) in [6, 6.07) is 18.3. The summed E-state index contributed by atoms with van der Waals surface area (Å²) in [6.45, 7) is 0. The van der Waals surface area contributed by atoms with Crippen LogP contribution in [0.5, 0.6) is 0 Å². The van der Waals surface area contributed by atoms with Crippen LogP contribution in [0.25, 0.3) is 6.08 Å². The van der Waals surface area contributed by atoms with Gasteiger partial charge in [0, 0.05) is 11.1 Å². The lowest BCUT2D eigenvalue weighted by atomic mass is 10.1. The number of benzene rings is 3. The molecule has 3 amide bonds. The summed E-state index contributed by atoms with van der Waals surface area (Å²) in [7, 11) is 0. The summed E-state index contributed by atoms with van der Waals surface area (Å²) in [5, 5.41) is 3.50. The first-order valence-electron chi connectivity index (χ1n) is 8.96. The Hall–Kier alpha value is -3.41. The largest absolute Gasteiger partial charge is 0.321 e. The fourth-order valence-corrected chi connectivity index (χ4v) is 3.44. The van der Waals surface area contributed by atoms with Gasteiger partial charge in [-0.3, -0.25) is 14.4 Å². The van der Waals surface area contributed by atoms with Crippen LogP contribution in [-0.2, 0) is 4.79 Å². The smallest absolute Gasteiger partial charge is 0.266 e. The van der Waals surface area contributed by atoms with Crippen molar-refractivity contribution in [3.05, 3.63) is 99.5 Å². The van der Waals surface area contributed by atoms with Crippen molar-refractivity contribution in [2.24, 2.45) is 0 Å². The van der Waals surface area contributed by atoms with Gasteiger partial charge in [0.25, 0.3) is 11.8 Å². The Morgan fingerprint density at radius 1 is 0.867 bits per heavy atom. The third-order valence-electron chi connectivity index (χ3n) is 4.56. The van der Waals surface area contributed by atoms with E-state index < -0.39 is 11.8 Å². The number of halogens is 2.